The standard InChI is InChI=1S/C33H25NO/c35-32-11-4-3-9-26(32)24-13-12-22-16-19-30(34-31(22)20-24)29-10-5-7-23-15-17-27-25-8-2-1-6-21(25)14-18-28(27)33(23)29/h1-4,6,8-9,11-20,29,35H,5,7,10H2. The van der Waals surface area contributed by atoms with Gasteiger partial charge in [0.15, 0.2) is 0 Å². The van der Waals surface area contributed by atoms with Crippen molar-refractivity contribution in [1.82, 2.24) is 4.98 Å². The number of aromatic nitrogens is 1. The summed E-state index contributed by atoms with van der Waals surface area (Å²) in [4.78, 5) is 5.20. The summed E-state index contributed by atoms with van der Waals surface area (Å²) in [6.07, 6.45) is 3.41. The van der Waals surface area contributed by atoms with Crippen molar-refractivity contribution < 1.29 is 5.11 Å². The van der Waals surface area contributed by atoms with E-state index in [0.717, 1.165) is 40.6 Å². The van der Waals surface area contributed by atoms with Gasteiger partial charge in [0.05, 0.1) is 5.52 Å². The van der Waals surface area contributed by atoms with Gasteiger partial charge in [0, 0.05) is 22.6 Å². The number of aryl methyl sites for hydroxylation is 1. The third-order valence-corrected chi connectivity index (χ3v) is 7.63. The molecule has 1 atom stereocenters. The highest BCUT2D eigenvalue weighted by molar-refractivity contribution is 6.09. The second-order valence-corrected chi connectivity index (χ2v) is 9.63. The van der Waals surface area contributed by atoms with Crippen LogP contribution in [0.4, 0.5) is 0 Å². The molecule has 168 valence electrons. The van der Waals surface area contributed by atoms with Gasteiger partial charge in [0.2, 0.25) is 0 Å². The summed E-state index contributed by atoms with van der Waals surface area (Å²) in [6, 6.07) is 36.1. The van der Waals surface area contributed by atoms with Crippen LogP contribution < -0.4 is 0 Å². The molecule has 2 heteroatoms. The fourth-order valence-corrected chi connectivity index (χ4v) is 5.94. The molecule has 0 aliphatic heterocycles. The second kappa shape index (κ2) is 7.95. The highest BCUT2D eigenvalue weighted by atomic mass is 16.3. The number of pyridine rings is 1. The first kappa shape index (κ1) is 20.2. The zero-order valence-corrected chi connectivity index (χ0v) is 19.4. The van der Waals surface area contributed by atoms with Gasteiger partial charge in [0.1, 0.15) is 5.75 Å². The Kier molecular flexibility index (Phi) is 4.60. The normalized spacial score (nSPS) is 15.5. The zero-order chi connectivity index (χ0) is 23.4. The molecular formula is C33H25NO. The molecule has 1 aliphatic carbocycles. The van der Waals surface area contributed by atoms with Gasteiger partial charge in [-0.2, -0.15) is 0 Å². The Morgan fingerprint density at radius 1 is 0.686 bits per heavy atom. The molecule has 1 unspecified atom stereocenters. The summed E-state index contributed by atoms with van der Waals surface area (Å²) in [5, 5.41) is 16.8. The highest BCUT2D eigenvalue weighted by Gasteiger charge is 2.25. The van der Waals surface area contributed by atoms with Crippen molar-refractivity contribution in [3.8, 4) is 16.9 Å². The van der Waals surface area contributed by atoms with E-state index in [1.807, 2.05) is 18.2 Å². The number of benzene rings is 5. The Hall–Kier alpha value is -4.17. The molecule has 1 aliphatic rings. The average molecular weight is 452 g/mol. The topological polar surface area (TPSA) is 33.1 Å². The van der Waals surface area contributed by atoms with Crippen molar-refractivity contribution in [2.75, 3.05) is 0 Å². The van der Waals surface area contributed by atoms with Crippen LogP contribution >= 0.6 is 0 Å². The molecule has 0 spiro atoms. The quantitative estimate of drug-likeness (QED) is 0.268. The number of nitrogens with zero attached hydrogens (tertiary/aromatic N) is 1. The zero-order valence-electron chi connectivity index (χ0n) is 19.4. The molecule has 0 saturated carbocycles. The molecule has 35 heavy (non-hydrogen) atoms. The predicted molar refractivity (Wildman–Crippen MR) is 145 cm³/mol. The Morgan fingerprint density at radius 3 is 2.43 bits per heavy atom. The third-order valence-electron chi connectivity index (χ3n) is 7.63. The lowest BCUT2D eigenvalue weighted by Gasteiger charge is -2.27. The summed E-state index contributed by atoms with van der Waals surface area (Å²) in [7, 11) is 0. The SMILES string of the molecule is Oc1ccccc1-c1ccc2ccc(C3CCCc4ccc5c(ccc6ccccc65)c43)nc2c1. The molecule has 1 aromatic heterocycles. The van der Waals surface area contributed by atoms with E-state index in [9.17, 15) is 5.11 Å². The van der Waals surface area contributed by atoms with Crippen LogP contribution in [-0.4, -0.2) is 10.1 Å². The van der Waals surface area contributed by atoms with Crippen molar-refractivity contribution >= 4 is 32.4 Å². The van der Waals surface area contributed by atoms with E-state index >= 15 is 0 Å². The predicted octanol–water partition coefficient (Wildman–Crippen LogP) is 8.38. The van der Waals surface area contributed by atoms with Gasteiger partial charge in [-0.3, -0.25) is 4.98 Å². The number of phenols is 1. The lowest BCUT2D eigenvalue weighted by Crippen LogP contribution is -2.13. The summed E-state index contributed by atoms with van der Waals surface area (Å²) in [5.41, 5.74) is 6.83. The molecule has 2 nitrogen and oxygen atoms in total. The molecule has 0 amide bonds. The fourth-order valence-electron chi connectivity index (χ4n) is 5.94. The Balaban J connectivity index is 1.40. The van der Waals surface area contributed by atoms with Gasteiger partial charge in [-0.05, 0) is 75.7 Å². The molecule has 0 bridgehead atoms. The van der Waals surface area contributed by atoms with Crippen LogP contribution in [0.5, 0.6) is 5.75 Å². The maximum absolute atomic E-state index is 10.4. The number of para-hydroxylation sites is 1. The van der Waals surface area contributed by atoms with Crippen molar-refractivity contribution in [3.63, 3.8) is 0 Å². The van der Waals surface area contributed by atoms with E-state index in [1.54, 1.807) is 6.07 Å². The molecule has 1 heterocycles. The number of phenolic OH excluding ortho intramolecular Hbond substituents is 1. The summed E-state index contributed by atoms with van der Waals surface area (Å²) < 4.78 is 0. The molecule has 5 aromatic carbocycles. The summed E-state index contributed by atoms with van der Waals surface area (Å²) in [5.74, 6) is 0.574. The van der Waals surface area contributed by atoms with Crippen LogP contribution in [-0.2, 0) is 6.42 Å². The van der Waals surface area contributed by atoms with E-state index in [1.165, 1.54) is 39.1 Å². The van der Waals surface area contributed by atoms with Crippen LogP contribution in [0, 0.1) is 0 Å². The van der Waals surface area contributed by atoms with Crippen LogP contribution in [0.2, 0.25) is 0 Å². The average Bonchev–Trinajstić information content (AvgIpc) is 2.92. The van der Waals surface area contributed by atoms with Crippen molar-refractivity contribution in [2.24, 2.45) is 0 Å². The third kappa shape index (κ3) is 3.29. The van der Waals surface area contributed by atoms with Crippen molar-refractivity contribution in [2.45, 2.75) is 25.2 Å². The van der Waals surface area contributed by atoms with Gasteiger partial charge < -0.3 is 5.11 Å². The number of aromatic hydroxyl groups is 1. The van der Waals surface area contributed by atoms with Gasteiger partial charge in [-0.15, -0.1) is 0 Å². The van der Waals surface area contributed by atoms with E-state index < -0.39 is 0 Å². The van der Waals surface area contributed by atoms with E-state index in [2.05, 4.69) is 78.9 Å². The summed E-state index contributed by atoms with van der Waals surface area (Å²) >= 11 is 0. The van der Waals surface area contributed by atoms with Crippen molar-refractivity contribution in [1.29, 1.82) is 0 Å². The van der Waals surface area contributed by atoms with Crippen LogP contribution in [0.25, 0.3) is 43.6 Å². The number of fused-ring (bicyclic) bond motifs is 6. The Morgan fingerprint density at radius 2 is 1.49 bits per heavy atom. The lowest BCUT2D eigenvalue weighted by atomic mass is 9.77. The largest absolute Gasteiger partial charge is 0.507 e. The maximum atomic E-state index is 10.4. The first-order valence-electron chi connectivity index (χ1n) is 12.4. The van der Waals surface area contributed by atoms with Gasteiger partial charge >= 0.3 is 0 Å². The fraction of sp³-hybridized carbons (Fsp3) is 0.121. The van der Waals surface area contributed by atoms with E-state index in [-0.39, 0.29) is 5.92 Å². The lowest BCUT2D eigenvalue weighted by molar-refractivity contribution is 0.477. The second-order valence-electron chi connectivity index (χ2n) is 9.63. The smallest absolute Gasteiger partial charge is 0.123 e. The number of rotatable bonds is 2. The van der Waals surface area contributed by atoms with Crippen LogP contribution in [0.15, 0.2) is 103 Å². The Bertz CT molecular complexity index is 1750. The number of hydrogen-bond acceptors (Lipinski definition) is 2. The van der Waals surface area contributed by atoms with Gasteiger partial charge in [-0.1, -0.05) is 84.9 Å². The van der Waals surface area contributed by atoms with Gasteiger partial charge in [0.25, 0.3) is 0 Å². The molecule has 6 aromatic rings. The van der Waals surface area contributed by atoms with Crippen LogP contribution in [0.3, 0.4) is 0 Å². The molecular weight excluding hydrogens is 426 g/mol. The minimum atomic E-state index is 0.279. The summed E-state index contributed by atoms with van der Waals surface area (Å²) in [6.45, 7) is 0. The molecule has 0 fully saturated rings. The Labute approximate surface area is 204 Å². The minimum Gasteiger partial charge on any atom is -0.507 e. The minimum absolute atomic E-state index is 0.279. The molecule has 0 radical (unpaired) electrons. The van der Waals surface area contributed by atoms with E-state index in [0.29, 0.717) is 5.75 Å². The first-order valence-corrected chi connectivity index (χ1v) is 12.4. The molecule has 0 saturated heterocycles. The monoisotopic (exact) mass is 451 g/mol. The number of hydrogen-bond donors (Lipinski definition) is 1. The highest BCUT2D eigenvalue weighted by Crippen LogP contribution is 2.42. The van der Waals surface area contributed by atoms with Crippen molar-refractivity contribution in [3.05, 3.63) is 120 Å². The molecule has 1 N–H and O–H groups in total. The molecule has 7 rings (SSSR count). The first-order chi connectivity index (χ1) is 17.3. The van der Waals surface area contributed by atoms with Crippen LogP contribution in [0.1, 0.15) is 35.6 Å². The van der Waals surface area contributed by atoms with E-state index in [4.69, 9.17) is 4.98 Å². The van der Waals surface area contributed by atoms with Gasteiger partial charge in [-0.25, -0.2) is 0 Å². The maximum Gasteiger partial charge on any atom is 0.123 e.